The standard InChI is InChI=1S/C28H49NO3/c1-4-5-6-7-8-9-10-11-12-13-14-15-16-17-18-21-26(30)28-23(2)25(29-24(28)3)20-19-22-27(31)32/h29H,4-22H2,1-3H3,(H,31,32). The number of carbonyl (C=O) groups excluding carboxylic acids is 1. The van der Waals surface area contributed by atoms with Crippen molar-refractivity contribution < 1.29 is 14.7 Å². The van der Waals surface area contributed by atoms with Crippen molar-refractivity contribution in [1.29, 1.82) is 0 Å². The van der Waals surface area contributed by atoms with Crippen LogP contribution in [0.15, 0.2) is 0 Å². The van der Waals surface area contributed by atoms with Crippen LogP contribution in [-0.4, -0.2) is 21.8 Å². The van der Waals surface area contributed by atoms with Gasteiger partial charge in [-0.2, -0.15) is 0 Å². The predicted octanol–water partition coefficient (Wildman–Crippen LogP) is 8.48. The van der Waals surface area contributed by atoms with Gasteiger partial charge in [-0.1, -0.05) is 96.8 Å². The Labute approximate surface area is 197 Å². The molecule has 4 heteroatoms. The molecule has 1 aromatic heterocycles. The molecule has 2 N–H and O–H groups in total. The summed E-state index contributed by atoms with van der Waals surface area (Å²) in [5, 5.41) is 8.81. The highest BCUT2D eigenvalue weighted by Gasteiger charge is 2.17. The van der Waals surface area contributed by atoms with E-state index in [4.69, 9.17) is 5.11 Å². The zero-order chi connectivity index (χ0) is 23.6. The van der Waals surface area contributed by atoms with Crippen LogP contribution in [0, 0.1) is 13.8 Å². The van der Waals surface area contributed by atoms with Crippen molar-refractivity contribution >= 4 is 11.8 Å². The van der Waals surface area contributed by atoms with Crippen LogP contribution in [-0.2, 0) is 11.2 Å². The molecule has 0 aliphatic heterocycles. The molecule has 1 heterocycles. The number of carboxylic acids is 1. The van der Waals surface area contributed by atoms with Gasteiger partial charge in [0.15, 0.2) is 5.78 Å². The summed E-state index contributed by atoms with van der Waals surface area (Å²) in [4.78, 5) is 26.7. The maximum absolute atomic E-state index is 12.7. The van der Waals surface area contributed by atoms with Crippen molar-refractivity contribution in [1.82, 2.24) is 4.98 Å². The number of hydrogen-bond acceptors (Lipinski definition) is 2. The second-order valence-electron chi connectivity index (χ2n) is 9.60. The smallest absolute Gasteiger partial charge is 0.303 e. The molecular formula is C28H49NO3. The number of Topliss-reactive ketones (excluding diaryl/α,β-unsaturated/α-hetero) is 1. The SMILES string of the molecule is CCCCCCCCCCCCCCCCCC(=O)c1c(C)[nH]c(CCCC(=O)O)c1C. The predicted molar refractivity (Wildman–Crippen MR) is 135 cm³/mol. The quantitative estimate of drug-likeness (QED) is 0.147. The Bertz CT molecular complexity index is 647. The van der Waals surface area contributed by atoms with E-state index in [0.29, 0.717) is 19.3 Å². The third-order valence-corrected chi connectivity index (χ3v) is 6.64. The van der Waals surface area contributed by atoms with Crippen LogP contribution in [0.4, 0.5) is 0 Å². The molecule has 0 atom stereocenters. The van der Waals surface area contributed by atoms with E-state index in [0.717, 1.165) is 35.4 Å². The third kappa shape index (κ3) is 12.5. The zero-order valence-electron chi connectivity index (χ0n) is 21.2. The summed E-state index contributed by atoms with van der Waals surface area (Å²) in [5.74, 6) is -0.536. The Morgan fingerprint density at radius 3 is 1.62 bits per heavy atom. The Morgan fingerprint density at radius 1 is 0.688 bits per heavy atom. The average Bonchev–Trinajstić information content (AvgIpc) is 3.03. The second kappa shape index (κ2) is 17.9. The van der Waals surface area contributed by atoms with Crippen LogP contribution in [0.5, 0.6) is 0 Å². The molecule has 0 unspecified atom stereocenters. The lowest BCUT2D eigenvalue weighted by molar-refractivity contribution is -0.137. The molecule has 0 aromatic carbocycles. The highest BCUT2D eigenvalue weighted by molar-refractivity contribution is 5.98. The minimum atomic E-state index is -0.768. The molecule has 1 aromatic rings. The van der Waals surface area contributed by atoms with E-state index in [2.05, 4.69) is 11.9 Å². The number of aromatic nitrogens is 1. The number of H-pyrrole nitrogens is 1. The van der Waals surface area contributed by atoms with E-state index in [1.807, 2.05) is 13.8 Å². The molecule has 0 bridgehead atoms. The molecule has 184 valence electrons. The minimum Gasteiger partial charge on any atom is -0.481 e. The van der Waals surface area contributed by atoms with Gasteiger partial charge in [-0.15, -0.1) is 0 Å². The summed E-state index contributed by atoms with van der Waals surface area (Å²) in [7, 11) is 0. The van der Waals surface area contributed by atoms with E-state index < -0.39 is 5.97 Å². The van der Waals surface area contributed by atoms with Crippen molar-refractivity contribution in [3.05, 3.63) is 22.5 Å². The molecule has 0 saturated carbocycles. The van der Waals surface area contributed by atoms with Gasteiger partial charge in [-0.05, 0) is 38.7 Å². The molecule has 0 radical (unpaired) electrons. The van der Waals surface area contributed by atoms with Crippen molar-refractivity contribution in [3.8, 4) is 0 Å². The number of carbonyl (C=O) groups is 2. The van der Waals surface area contributed by atoms with Gasteiger partial charge < -0.3 is 10.1 Å². The molecule has 32 heavy (non-hydrogen) atoms. The van der Waals surface area contributed by atoms with Gasteiger partial charge in [0, 0.05) is 29.8 Å². The van der Waals surface area contributed by atoms with Crippen LogP contribution < -0.4 is 0 Å². The maximum Gasteiger partial charge on any atom is 0.303 e. The lowest BCUT2D eigenvalue weighted by Gasteiger charge is -2.05. The van der Waals surface area contributed by atoms with E-state index in [-0.39, 0.29) is 12.2 Å². The van der Waals surface area contributed by atoms with E-state index >= 15 is 0 Å². The monoisotopic (exact) mass is 447 g/mol. The van der Waals surface area contributed by atoms with Crippen LogP contribution in [0.1, 0.15) is 150 Å². The zero-order valence-corrected chi connectivity index (χ0v) is 21.2. The Kier molecular flexibility index (Phi) is 15.9. The fourth-order valence-corrected chi connectivity index (χ4v) is 4.68. The highest BCUT2D eigenvalue weighted by Crippen LogP contribution is 2.22. The van der Waals surface area contributed by atoms with E-state index in [1.54, 1.807) is 0 Å². The number of nitrogens with one attached hydrogen (secondary N) is 1. The van der Waals surface area contributed by atoms with Gasteiger partial charge in [0.25, 0.3) is 0 Å². The van der Waals surface area contributed by atoms with Crippen molar-refractivity contribution in [2.45, 2.75) is 143 Å². The first-order valence-corrected chi connectivity index (χ1v) is 13.4. The Balaban J connectivity index is 2.06. The summed E-state index contributed by atoms with van der Waals surface area (Å²) in [6.07, 6.45) is 22.0. The molecule has 1 rings (SSSR count). The topological polar surface area (TPSA) is 70.2 Å². The maximum atomic E-state index is 12.7. The molecule has 0 fully saturated rings. The summed E-state index contributed by atoms with van der Waals surface area (Å²) in [6, 6.07) is 0. The van der Waals surface area contributed by atoms with Crippen LogP contribution in [0.25, 0.3) is 0 Å². The van der Waals surface area contributed by atoms with Crippen molar-refractivity contribution in [2.75, 3.05) is 0 Å². The lowest BCUT2D eigenvalue weighted by Crippen LogP contribution is -2.02. The Hall–Kier alpha value is -1.58. The average molecular weight is 448 g/mol. The van der Waals surface area contributed by atoms with Crippen LogP contribution in [0.3, 0.4) is 0 Å². The van der Waals surface area contributed by atoms with Gasteiger partial charge in [0.05, 0.1) is 0 Å². The van der Waals surface area contributed by atoms with E-state index in [1.165, 1.54) is 83.5 Å². The van der Waals surface area contributed by atoms with Gasteiger partial charge in [0.2, 0.25) is 0 Å². The van der Waals surface area contributed by atoms with Crippen LogP contribution in [0.2, 0.25) is 0 Å². The van der Waals surface area contributed by atoms with Crippen LogP contribution >= 0.6 is 0 Å². The van der Waals surface area contributed by atoms with Crippen molar-refractivity contribution in [2.24, 2.45) is 0 Å². The van der Waals surface area contributed by atoms with Gasteiger partial charge in [-0.25, -0.2) is 0 Å². The molecule has 0 spiro atoms. The number of unbranched alkanes of at least 4 members (excludes halogenated alkanes) is 14. The minimum absolute atomic E-state index is 0.167. The third-order valence-electron chi connectivity index (χ3n) is 6.64. The molecule has 0 aliphatic rings. The van der Waals surface area contributed by atoms with Gasteiger partial charge in [-0.3, -0.25) is 9.59 Å². The summed E-state index contributed by atoms with van der Waals surface area (Å²) >= 11 is 0. The highest BCUT2D eigenvalue weighted by atomic mass is 16.4. The largest absolute Gasteiger partial charge is 0.481 e. The number of ketones is 1. The fourth-order valence-electron chi connectivity index (χ4n) is 4.68. The first-order valence-electron chi connectivity index (χ1n) is 13.4. The molecule has 0 aliphatic carbocycles. The number of aryl methyl sites for hydroxylation is 2. The van der Waals surface area contributed by atoms with Gasteiger partial charge in [0.1, 0.15) is 0 Å². The molecule has 0 saturated heterocycles. The molecule has 0 amide bonds. The number of hydrogen-bond donors (Lipinski definition) is 2. The first-order chi connectivity index (χ1) is 15.5. The normalized spacial score (nSPS) is 11.2. The molecular weight excluding hydrogens is 398 g/mol. The number of rotatable bonds is 21. The van der Waals surface area contributed by atoms with Crippen molar-refractivity contribution in [3.63, 3.8) is 0 Å². The number of aromatic amines is 1. The number of aliphatic carboxylic acids is 1. The summed E-state index contributed by atoms with van der Waals surface area (Å²) in [6.45, 7) is 6.21. The summed E-state index contributed by atoms with van der Waals surface area (Å²) < 4.78 is 0. The number of carboxylic acid groups (broad SMARTS) is 1. The molecule has 4 nitrogen and oxygen atoms in total. The van der Waals surface area contributed by atoms with E-state index in [9.17, 15) is 9.59 Å². The van der Waals surface area contributed by atoms with Gasteiger partial charge >= 0.3 is 5.97 Å². The lowest BCUT2D eigenvalue weighted by atomic mass is 9.99. The first kappa shape index (κ1) is 28.5. The second-order valence-corrected chi connectivity index (χ2v) is 9.60. The Morgan fingerprint density at radius 2 is 1.16 bits per heavy atom. The summed E-state index contributed by atoms with van der Waals surface area (Å²) in [5.41, 5.74) is 3.79. The fraction of sp³-hybridized carbons (Fsp3) is 0.786.